The monoisotopic (exact) mass is 437 g/mol. The second-order valence-corrected chi connectivity index (χ2v) is 8.39. The van der Waals surface area contributed by atoms with Gasteiger partial charge in [0.15, 0.2) is 0 Å². The standard InChI is InChI=1S/C24H21F2N3O3/c1-15-6-7-18(25)19(20(15)26)22(31)28-10-8-24(9-11-28)14-29(23(32)21(24)30)13-17-5-3-2-4-16(17)12-27/h2-7H,8-11,13-14H2,1H3. The summed E-state index contributed by atoms with van der Waals surface area (Å²) in [5, 5.41) is 9.27. The minimum Gasteiger partial charge on any atom is -0.338 e. The molecule has 0 aromatic heterocycles. The Morgan fingerprint density at radius 2 is 1.81 bits per heavy atom. The molecule has 2 aromatic carbocycles. The van der Waals surface area contributed by atoms with Gasteiger partial charge < -0.3 is 9.80 Å². The predicted octanol–water partition coefficient (Wildman–Crippen LogP) is 2.98. The summed E-state index contributed by atoms with van der Waals surface area (Å²) in [6.45, 7) is 2.04. The zero-order chi connectivity index (χ0) is 23.0. The molecule has 2 aromatic rings. The highest BCUT2D eigenvalue weighted by Crippen LogP contribution is 2.39. The lowest BCUT2D eigenvalue weighted by Crippen LogP contribution is -2.47. The molecule has 2 fully saturated rings. The number of aryl methyl sites for hydroxylation is 1. The molecule has 2 aliphatic heterocycles. The number of piperidine rings is 1. The van der Waals surface area contributed by atoms with Gasteiger partial charge in [-0.05, 0) is 43.0 Å². The van der Waals surface area contributed by atoms with E-state index in [1.54, 1.807) is 24.3 Å². The van der Waals surface area contributed by atoms with E-state index in [1.165, 1.54) is 22.8 Å². The lowest BCUT2D eigenvalue weighted by Gasteiger charge is -2.37. The number of likely N-dealkylation sites (tertiary alicyclic amines) is 2. The summed E-state index contributed by atoms with van der Waals surface area (Å²) in [7, 11) is 0. The molecule has 6 nitrogen and oxygen atoms in total. The summed E-state index contributed by atoms with van der Waals surface area (Å²) in [5.74, 6) is -3.67. The first kappa shape index (κ1) is 21.6. The molecule has 0 radical (unpaired) electrons. The van der Waals surface area contributed by atoms with Gasteiger partial charge in [0, 0.05) is 26.2 Å². The molecule has 0 unspecified atom stereocenters. The number of carbonyl (C=O) groups excluding carboxylic acids is 3. The number of Topliss-reactive ketones (excluding diaryl/α,β-unsaturated/α-hetero) is 1. The van der Waals surface area contributed by atoms with E-state index >= 15 is 0 Å². The van der Waals surface area contributed by atoms with Crippen LogP contribution in [0.25, 0.3) is 0 Å². The number of rotatable bonds is 3. The van der Waals surface area contributed by atoms with Gasteiger partial charge in [0.2, 0.25) is 5.78 Å². The molecule has 2 amide bonds. The summed E-state index contributed by atoms with van der Waals surface area (Å²) in [5.41, 5.74) is -0.251. The number of halogens is 2. The molecule has 0 N–H and O–H groups in total. The number of hydrogen-bond acceptors (Lipinski definition) is 4. The van der Waals surface area contributed by atoms with Crippen LogP contribution in [-0.4, -0.2) is 47.0 Å². The van der Waals surface area contributed by atoms with Gasteiger partial charge in [0.25, 0.3) is 11.8 Å². The third-order valence-electron chi connectivity index (χ3n) is 6.46. The lowest BCUT2D eigenvalue weighted by atomic mass is 9.76. The molecule has 1 spiro atoms. The van der Waals surface area contributed by atoms with Gasteiger partial charge in [-0.1, -0.05) is 24.3 Å². The first-order chi connectivity index (χ1) is 15.3. The van der Waals surface area contributed by atoms with E-state index in [9.17, 15) is 28.4 Å². The maximum Gasteiger partial charge on any atom is 0.290 e. The Kier molecular flexibility index (Phi) is 5.51. The molecular weight excluding hydrogens is 416 g/mol. The maximum atomic E-state index is 14.4. The maximum absolute atomic E-state index is 14.4. The molecule has 0 atom stereocenters. The van der Waals surface area contributed by atoms with Crippen molar-refractivity contribution in [2.24, 2.45) is 5.41 Å². The van der Waals surface area contributed by atoms with Crippen LogP contribution in [0.15, 0.2) is 36.4 Å². The molecule has 164 valence electrons. The van der Waals surface area contributed by atoms with Gasteiger partial charge in [-0.25, -0.2) is 8.78 Å². The van der Waals surface area contributed by atoms with Gasteiger partial charge >= 0.3 is 0 Å². The Balaban J connectivity index is 1.49. The fourth-order valence-corrected chi connectivity index (χ4v) is 4.51. The number of nitriles is 1. The van der Waals surface area contributed by atoms with E-state index in [0.717, 1.165) is 6.07 Å². The van der Waals surface area contributed by atoms with Gasteiger partial charge in [0.1, 0.15) is 17.2 Å². The first-order valence-electron chi connectivity index (χ1n) is 10.3. The third kappa shape index (κ3) is 3.54. The second kappa shape index (κ2) is 8.15. The zero-order valence-electron chi connectivity index (χ0n) is 17.5. The van der Waals surface area contributed by atoms with E-state index in [1.807, 2.05) is 0 Å². The summed E-state index contributed by atoms with van der Waals surface area (Å²) < 4.78 is 28.5. The average molecular weight is 437 g/mol. The van der Waals surface area contributed by atoms with Crippen LogP contribution in [0.3, 0.4) is 0 Å². The van der Waals surface area contributed by atoms with Crippen LogP contribution >= 0.6 is 0 Å². The van der Waals surface area contributed by atoms with Crippen LogP contribution in [0.4, 0.5) is 8.78 Å². The van der Waals surface area contributed by atoms with Crippen molar-refractivity contribution < 1.29 is 23.2 Å². The highest BCUT2D eigenvalue weighted by Gasteiger charge is 2.53. The SMILES string of the molecule is Cc1ccc(F)c(C(=O)N2CCC3(CC2)CN(Cc2ccccc2C#N)C(=O)C3=O)c1F. The van der Waals surface area contributed by atoms with Crippen LogP contribution in [-0.2, 0) is 16.1 Å². The molecular formula is C24H21F2N3O3. The molecule has 0 aliphatic carbocycles. The molecule has 2 saturated heterocycles. The number of carbonyl (C=O) groups is 3. The van der Waals surface area contributed by atoms with Gasteiger partial charge in [-0.3, -0.25) is 14.4 Å². The van der Waals surface area contributed by atoms with Crippen molar-refractivity contribution in [3.8, 4) is 6.07 Å². The van der Waals surface area contributed by atoms with E-state index in [-0.39, 0.29) is 44.6 Å². The van der Waals surface area contributed by atoms with Gasteiger partial charge in [0.05, 0.1) is 17.0 Å². The molecule has 2 heterocycles. The Morgan fingerprint density at radius 3 is 2.50 bits per heavy atom. The van der Waals surface area contributed by atoms with Crippen molar-refractivity contribution in [2.45, 2.75) is 26.3 Å². The highest BCUT2D eigenvalue weighted by atomic mass is 19.1. The molecule has 32 heavy (non-hydrogen) atoms. The minimum absolute atomic E-state index is 0.118. The molecule has 8 heteroatoms. The summed E-state index contributed by atoms with van der Waals surface area (Å²) in [6.07, 6.45) is 0.462. The van der Waals surface area contributed by atoms with E-state index in [0.29, 0.717) is 11.1 Å². The summed E-state index contributed by atoms with van der Waals surface area (Å²) in [6, 6.07) is 11.3. The topological polar surface area (TPSA) is 81.5 Å². The fraction of sp³-hybridized carbons (Fsp3) is 0.333. The average Bonchev–Trinajstić information content (AvgIpc) is 3.02. The lowest BCUT2D eigenvalue weighted by molar-refractivity contribution is -0.143. The van der Waals surface area contributed by atoms with Crippen molar-refractivity contribution in [1.29, 1.82) is 5.26 Å². The Bertz CT molecular complexity index is 1160. The molecule has 0 saturated carbocycles. The number of amides is 2. The van der Waals surface area contributed by atoms with Crippen molar-refractivity contribution in [1.82, 2.24) is 9.80 Å². The van der Waals surface area contributed by atoms with Crippen LogP contribution in [0.5, 0.6) is 0 Å². The quantitative estimate of drug-likeness (QED) is 0.692. The Morgan fingerprint density at radius 1 is 1.12 bits per heavy atom. The van der Waals surface area contributed by atoms with Gasteiger partial charge in [-0.2, -0.15) is 5.26 Å². The Labute approximate surface area is 184 Å². The smallest absolute Gasteiger partial charge is 0.290 e. The normalized spacial score (nSPS) is 17.7. The van der Waals surface area contributed by atoms with Crippen molar-refractivity contribution in [2.75, 3.05) is 19.6 Å². The van der Waals surface area contributed by atoms with E-state index < -0.39 is 40.2 Å². The summed E-state index contributed by atoms with van der Waals surface area (Å²) in [4.78, 5) is 41.1. The number of benzene rings is 2. The zero-order valence-corrected chi connectivity index (χ0v) is 17.5. The number of nitrogens with zero attached hydrogens (tertiary/aromatic N) is 3. The first-order valence-corrected chi connectivity index (χ1v) is 10.3. The molecule has 2 aliphatic rings. The predicted molar refractivity (Wildman–Crippen MR) is 110 cm³/mol. The third-order valence-corrected chi connectivity index (χ3v) is 6.46. The molecule has 0 bridgehead atoms. The van der Waals surface area contributed by atoms with Crippen LogP contribution < -0.4 is 0 Å². The largest absolute Gasteiger partial charge is 0.338 e. The van der Waals surface area contributed by atoms with Crippen LogP contribution in [0.1, 0.15) is 39.9 Å². The number of ketones is 1. The van der Waals surface area contributed by atoms with Crippen molar-refractivity contribution in [3.63, 3.8) is 0 Å². The van der Waals surface area contributed by atoms with Crippen LogP contribution in [0, 0.1) is 35.3 Å². The Hall–Kier alpha value is -3.60. The van der Waals surface area contributed by atoms with E-state index in [4.69, 9.17) is 0 Å². The number of hydrogen-bond donors (Lipinski definition) is 0. The molecule has 4 rings (SSSR count). The summed E-state index contributed by atoms with van der Waals surface area (Å²) >= 11 is 0. The van der Waals surface area contributed by atoms with Crippen molar-refractivity contribution in [3.05, 3.63) is 70.3 Å². The minimum atomic E-state index is -0.931. The highest BCUT2D eigenvalue weighted by molar-refractivity contribution is 6.40. The van der Waals surface area contributed by atoms with Gasteiger partial charge in [-0.15, -0.1) is 0 Å². The second-order valence-electron chi connectivity index (χ2n) is 8.39. The van der Waals surface area contributed by atoms with Crippen LogP contribution in [0.2, 0.25) is 0 Å². The van der Waals surface area contributed by atoms with Crippen molar-refractivity contribution >= 4 is 17.6 Å². The fourth-order valence-electron chi connectivity index (χ4n) is 4.51. The van der Waals surface area contributed by atoms with E-state index in [2.05, 4.69) is 6.07 Å².